The Labute approximate surface area is 266 Å². The van der Waals surface area contributed by atoms with E-state index in [-0.39, 0.29) is 16.5 Å². The van der Waals surface area contributed by atoms with Crippen molar-refractivity contribution in [2.75, 3.05) is 18.1 Å². The Hall–Kier alpha value is -0.850. The zero-order chi connectivity index (χ0) is 30.1. The summed E-state index contributed by atoms with van der Waals surface area (Å²) in [5, 5.41) is 20.0. The lowest BCUT2D eigenvalue weighted by atomic mass is 10.0. The molecule has 2 rings (SSSR count). The number of phenolic OH excluding ortho intramolecular Hbond substituents is 1. The van der Waals surface area contributed by atoms with Gasteiger partial charge in [0, 0.05) is 0 Å². The van der Waals surface area contributed by atoms with E-state index in [1.54, 1.807) is 12.1 Å². The summed E-state index contributed by atoms with van der Waals surface area (Å²) in [6.07, 6.45) is 26.8. The summed E-state index contributed by atoms with van der Waals surface area (Å²) in [5.41, 5.74) is 1.26. The minimum absolute atomic E-state index is 0.111. The quantitative estimate of drug-likeness (QED) is 0.0791. The summed E-state index contributed by atoms with van der Waals surface area (Å²) in [6.45, 7) is 2.76. The van der Waals surface area contributed by atoms with Gasteiger partial charge in [0.25, 0.3) is 0 Å². The van der Waals surface area contributed by atoms with Gasteiger partial charge in [-0.05, 0) is 74.1 Å². The Kier molecular flexibility index (Phi) is 21.8. The number of aryl methyl sites for hydroxylation is 1. The SMILES string of the molecule is CCCCCCCCCCCCCCCCCCOC(=O)CC(O)CCCC1(CCc2ccc(O)cc2)SCCCS1. The molecule has 0 bridgehead atoms. The number of unbranched alkanes of at least 4 members (excludes halogenated alkanes) is 15. The third-order valence-electron chi connectivity index (χ3n) is 8.51. The van der Waals surface area contributed by atoms with Crippen LogP contribution in [0, 0.1) is 0 Å². The molecule has 1 fully saturated rings. The van der Waals surface area contributed by atoms with Crippen molar-refractivity contribution in [2.45, 2.75) is 165 Å². The van der Waals surface area contributed by atoms with Crippen LogP contribution in [0.2, 0.25) is 0 Å². The van der Waals surface area contributed by atoms with Gasteiger partial charge in [-0.1, -0.05) is 115 Å². The third-order valence-corrected chi connectivity index (χ3v) is 12.1. The zero-order valence-electron chi connectivity index (χ0n) is 26.8. The topological polar surface area (TPSA) is 66.8 Å². The molecular formula is C36H62O4S2. The van der Waals surface area contributed by atoms with E-state index >= 15 is 0 Å². The second-order valence-electron chi connectivity index (χ2n) is 12.4. The summed E-state index contributed by atoms with van der Waals surface area (Å²) in [6, 6.07) is 7.55. The highest BCUT2D eigenvalue weighted by Gasteiger charge is 2.33. The third kappa shape index (κ3) is 18.7. The summed E-state index contributed by atoms with van der Waals surface area (Å²) in [4.78, 5) is 12.2. The molecule has 1 aliphatic heterocycles. The van der Waals surface area contributed by atoms with Crippen molar-refractivity contribution in [3.8, 4) is 5.75 Å². The van der Waals surface area contributed by atoms with Crippen LogP contribution in [0.25, 0.3) is 0 Å². The number of benzene rings is 1. The fourth-order valence-corrected chi connectivity index (χ4v) is 9.23. The predicted octanol–water partition coefficient (Wildman–Crippen LogP) is 10.6. The Balaban J connectivity index is 1.42. The number of hydrogen-bond acceptors (Lipinski definition) is 6. The first-order chi connectivity index (χ1) is 20.5. The Bertz CT molecular complexity index is 779. The van der Waals surface area contributed by atoms with E-state index < -0.39 is 6.10 Å². The molecule has 0 radical (unpaired) electrons. The van der Waals surface area contributed by atoms with Crippen LogP contribution in [0.15, 0.2) is 24.3 Å². The van der Waals surface area contributed by atoms with E-state index in [1.165, 1.54) is 113 Å². The number of rotatable bonds is 26. The Morgan fingerprint density at radius 1 is 0.786 bits per heavy atom. The highest BCUT2D eigenvalue weighted by Crippen LogP contribution is 2.49. The van der Waals surface area contributed by atoms with Gasteiger partial charge in [-0.15, -0.1) is 23.5 Å². The maximum Gasteiger partial charge on any atom is 0.308 e. The number of aromatic hydroxyl groups is 1. The maximum absolute atomic E-state index is 12.2. The van der Waals surface area contributed by atoms with E-state index in [2.05, 4.69) is 30.4 Å². The smallest absolute Gasteiger partial charge is 0.308 e. The van der Waals surface area contributed by atoms with Gasteiger partial charge in [0.2, 0.25) is 0 Å². The largest absolute Gasteiger partial charge is 0.508 e. The molecule has 1 aromatic rings. The highest BCUT2D eigenvalue weighted by atomic mass is 32.2. The molecule has 1 heterocycles. The number of carbonyl (C=O) groups is 1. The normalized spacial score (nSPS) is 15.5. The first kappa shape index (κ1) is 37.3. The molecule has 1 saturated heterocycles. The molecule has 1 aliphatic rings. The van der Waals surface area contributed by atoms with Crippen molar-refractivity contribution in [1.29, 1.82) is 0 Å². The van der Waals surface area contributed by atoms with Gasteiger partial charge in [-0.3, -0.25) is 4.79 Å². The van der Waals surface area contributed by atoms with Crippen LogP contribution in [0.3, 0.4) is 0 Å². The van der Waals surface area contributed by atoms with Crippen molar-refractivity contribution in [3.05, 3.63) is 29.8 Å². The molecule has 1 unspecified atom stereocenters. The van der Waals surface area contributed by atoms with E-state index in [4.69, 9.17) is 4.74 Å². The average molecular weight is 623 g/mol. The van der Waals surface area contributed by atoms with Crippen molar-refractivity contribution in [3.63, 3.8) is 0 Å². The van der Waals surface area contributed by atoms with Crippen LogP contribution < -0.4 is 0 Å². The summed E-state index contributed by atoms with van der Waals surface area (Å²) in [7, 11) is 0. The number of hydrogen-bond donors (Lipinski definition) is 2. The lowest BCUT2D eigenvalue weighted by molar-refractivity contribution is -0.146. The van der Waals surface area contributed by atoms with Crippen LogP contribution in [0.1, 0.15) is 154 Å². The standard InChI is InChI=1S/C36H62O4S2/c1-2-3-4-5-6-7-8-9-10-11-12-13-14-15-16-17-28-40-35(39)31-34(38)20-18-26-36(41-29-19-30-42-36)27-25-32-21-23-33(37)24-22-32/h21-24,34,37-38H,2-20,25-31H2,1H3. The average Bonchev–Trinajstić information content (AvgIpc) is 2.99. The number of carbonyl (C=O) groups excluding carboxylic acids is 1. The Morgan fingerprint density at radius 2 is 1.31 bits per heavy atom. The van der Waals surface area contributed by atoms with Crippen LogP contribution >= 0.6 is 23.5 Å². The minimum atomic E-state index is -0.615. The zero-order valence-corrected chi connectivity index (χ0v) is 28.4. The van der Waals surface area contributed by atoms with E-state index in [1.807, 2.05) is 12.1 Å². The molecule has 42 heavy (non-hydrogen) atoms. The lowest BCUT2D eigenvalue weighted by Gasteiger charge is -2.36. The van der Waals surface area contributed by atoms with Gasteiger partial charge in [-0.25, -0.2) is 0 Å². The van der Waals surface area contributed by atoms with E-state index in [9.17, 15) is 15.0 Å². The first-order valence-corrected chi connectivity index (χ1v) is 19.4. The van der Waals surface area contributed by atoms with Crippen LogP contribution in [0.5, 0.6) is 5.75 Å². The van der Waals surface area contributed by atoms with Crippen molar-refractivity contribution in [1.82, 2.24) is 0 Å². The molecule has 0 spiro atoms. The summed E-state index contributed by atoms with van der Waals surface area (Å²) in [5.74, 6) is 2.44. The van der Waals surface area contributed by atoms with Crippen LogP contribution in [0.4, 0.5) is 0 Å². The minimum Gasteiger partial charge on any atom is -0.508 e. The summed E-state index contributed by atoms with van der Waals surface area (Å²) >= 11 is 4.13. The van der Waals surface area contributed by atoms with E-state index in [0.29, 0.717) is 18.8 Å². The molecule has 6 heteroatoms. The second-order valence-corrected chi connectivity index (χ2v) is 15.6. The number of ether oxygens (including phenoxy) is 1. The first-order valence-electron chi connectivity index (χ1n) is 17.4. The molecule has 1 atom stereocenters. The predicted molar refractivity (Wildman–Crippen MR) is 184 cm³/mol. The molecule has 4 nitrogen and oxygen atoms in total. The van der Waals surface area contributed by atoms with Gasteiger partial charge in [0.1, 0.15) is 5.75 Å². The second kappa shape index (κ2) is 24.5. The molecule has 1 aromatic carbocycles. The number of thioether (sulfide) groups is 2. The maximum atomic E-state index is 12.2. The lowest BCUT2D eigenvalue weighted by Crippen LogP contribution is -2.27. The fraction of sp³-hybridized carbons (Fsp3) is 0.806. The van der Waals surface area contributed by atoms with E-state index in [0.717, 1.165) is 38.5 Å². The fourth-order valence-electron chi connectivity index (χ4n) is 5.82. The molecular weight excluding hydrogens is 561 g/mol. The summed E-state index contributed by atoms with van der Waals surface area (Å²) < 4.78 is 5.60. The molecule has 0 aliphatic carbocycles. The van der Waals surface area contributed by atoms with Crippen molar-refractivity contribution < 1.29 is 19.7 Å². The molecule has 0 aromatic heterocycles. The number of phenols is 1. The molecule has 242 valence electrons. The van der Waals surface area contributed by atoms with Gasteiger partial charge < -0.3 is 14.9 Å². The Morgan fingerprint density at radius 3 is 1.86 bits per heavy atom. The molecule has 0 saturated carbocycles. The van der Waals surface area contributed by atoms with Crippen molar-refractivity contribution >= 4 is 29.5 Å². The van der Waals surface area contributed by atoms with Crippen molar-refractivity contribution in [2.24, 2.45) is 0 Å². The number of aliphatic hydroxyl groups excluding tert-OH is 1. The monoisotopic (exact) mass is 622 g/mol. The number of aliphatic hydroxyl groups is 1. The molecule has 2 N–H and O–H groups in total. The van der Waals surface area contributed by atoms with Gasteiger partial charge in [-0.2, -0.15) is 0 Å². The van der Waals surface area contributed by atoms with Gasteiger partial charge >= 0.3 is 5.97 Å². The van der Waals surface area contributed by atoms with Gasteiger partial charge in [0.15, 0.2) is 0 Å². The van der Waals surface area contributed by atoms with Crippen LogP contribution in [-0.4, -0.2) is 44.5 Å². The number of esters is 1. The molecule has 0 amide bonds. The van der Waals surface area contributed by atoms with Gasteiger partial charge in [0.05, 0.1) is 23.2 Å². The van der Waals surface area contributed by atoms with Crippen LogP contribution in [-0.2, 0) is 16.0 Å². The highest BCUT2D eigenvalue weighted by molar-refractivity contribution is 8.18.